The van der Waals surface area contributed by atoms with Crippen LogP contribution in [-0.4, -0.2) is 9.55 Å². The van der Waals surface area contributed by atoms with Crippen molar-refractivity contribution in [1.29, 1.82) is 0 Å². The number of halogens is 1. The van der Waals surface area contributed by atoms with Crippen LogP contribution in [0.25, 0.3) is 11.3 Å². The summed E-state index contributed by atoms with van der Waals surface area (Å²) in [4.78, 5) is 4.55. The summed E-state index contributed by atoms with van der Waals surface area (Å²) in [7, 11) is 0. The number of benzene rings is 1. The van der Waals surface area contributed by atoms with Crippen LogP contribution in [0.2, 0.25) is 5.02 Å². The zero-order chi connectivity index (χ0) is 11.7. The van der Waals surface area contributed by atoms with Gasteiger partial charge in [0, 0.05) is 22.8 Å². The summed E-state index contributed by atoms with van der Waals surface area (Å²) in [5.74, 6) is 1.04. The summed E-state index contributed by atoms with van der Waals surface area (Å²) in [6.07, 6.45) is 2.09. The zero-order valence-corrected chi connectivity index (χ0v) is 10.5. The predicted octanol–water partition coefficient (Wildman–Crippen LogP) is 4.09. The Morgan fingerprint density at radius 2 is 1.81 bits per heavy atom. The lowest BCUT2D eigenvalue weighted by Gasteiger charge is -2.07. The molecule has 2 aromatic rings. The third kappa shape index (κ3) is 2.12. The Hall–Kier alpha value is -1.28. The lowest BCUT2D eigenvalue weighted by Crippen LogP contribution is -2.00. The molecule has 1 aromatic carbocycles. The summed E-state index contributed by atoms with van der Waals surface area (Å²) in [5, 5.41) is 0.753. The summed E-state index contributed by atoms with van der Waals surface area (Å²) in [6, 6.07) is 8.21. The van der Waals surface area contributed by atoms with Gasteiger partial charge in [-0.25, -0.2) is 4.98 Å². The molecular formula is C13H15ClN2. The molecule has 0 amide bonds. The molecule has 0 fully saturated rings. The molecule has 0 N–H and O–H groups in total. The highest BCUT2D eigenvalue weighted by Gasteiger charge is 2.08. The molecule has 0 spiro atoms. The van der Waals surface area contributed by atoms with Crippen molar-refractivity contribution in [3.63, 3.8) is 0 Å². The molecule has 0 unspecified atom stereocenters. The van der Waals surface area contributed by atoms with Crippen molar-refractivity contribution in [2.45, 2.75) is 26.8 Å². The first-order valence-electron chi connectivity index (χ1n) is 5.39. The van der Waals surface area contributed by atoms with Crippen molar-refractivity contribution < 1.29 is 0 Å². The Bertz CT molecular complexity index is 483. The summed E-state index contributed by atoms with van der Waals surface area (Å²) >= 11 is 5.86. The van der Waals surface area contributed by atoms with Gasteiger partial charge in [-0.15, -0.1) is 0 Å². The second kappa shape index (κ2) is 4.30. The van der Waals surface area contributed by atoms with Crippen LogP contribution in [0.1, 0.15) is 25.7 Å². The van der Waals surface area contributed by atoms with Gasteiger partial charge in [-0.2, -0.15) is 0 Å². The normalized spacial score (nSPS) is 11.1. The lowest BCUT2D eigenvalue weighted by atomic mass is 10.2. The topological polar surface area (TPSA) is 17.8 Å². The number of hydrogen-bond donors (Lipinski definition) is 0. The maximum Gasteiger partial charge on any atom is 0.106 e. The predicted molar refractivity (Wildman–Crippen MR) is 67.8 cm³/mol. The van der Waals surface area contributed by atoms with E-state index in [1.54, 1.807) is 0 Å². The fourth-order valence-corrected chi connectivity index (χ4v) is 1.89. The molecule has 0 bridgehead atoms. The second-order valence-electron chi connectivity index (χ2n) is 4.18. The van der Waals surface area contributed by atoms with Crippen LogP contribution in [0.4, 0.5) is 0 Å². The highest BCUT2D eigenvalue weighted by Crippen LogP contribution is 2.22. The first-order valence-corrected chi connectivity index (χ1v) is 5.77. The standard InChI is InChI=1S/C13H15ClN2/c1-9(2)16-8-13(15-10(16)3)11-4-6-12(14)7-5-11/h4-9H,1-3H3. The lowest BCUT2D eigenvalue weighted by molar-refractivity contribution is 0.583. The minimum atomic E-state index is 0.438. The van der Waals surface area contributed by atoms with E-state index in [2.05, 4.69) is 29.6 Å². The highest BCUT2D eigenvalue weighted by molar-refractivity contribution is 6.30. The van der Waals surface area contributed by atoms with Crippen molar-refractivity contribution >= 4 is 11.6 Å². The zero-order valence-electron chi connectivity index (χ0n) is 9.74. The monoisotopic (exact) mass is 234 g/mol. The number of aryl methyl sites for hydroxylation is 1. The van der Waals surface area contributed by atoms with E-state index in [4.69, 9.17) is 11.6 Å². The van der Waals surface area contributed by atoms with Gasteiger partial charge in [-0.1, -0.05) is 23.7 Å². The largest absolute Gasteiger partial charge is 0.332 e. The molecule has 0 saturated carbocycles. The number of rotatable bonds is 2. The van der Waals surface area contributed by atoms with Crippen LogP contribution < -0.4 is 0 Å². The Morgan fingerprint density at radius 3 is 2.31 bits per heavy atom. The maximum absolute atomic E-state index is 5.86. The third-order valence-corrected chi connectivity index (χ3v) is 2.87. The van der Waals surface area contributed by atoms with Crippen LogP contribution in [-0.2, 0) is 0 Å². The van der Waals surface area contributed by atoms with Gasteiger partial charge in [0.15, 0.2) is 0 Å². The minimum absolute atomic E-state index is 0.438. The van der Waals surface area contributed by atoms with E-state index in [-0.39, 0.29) is 0 Å². The Labute approximate surface area is 101 Å². The average Bonchev–Trinajstić information content (AvgIpc) is 2.61. The van der Waals surface area contributed by atoms with Crippen LogP contribution in [0.15, 0.2) is 30.5 Å². The maximum atomic E-state index is 5.86. The van der Waals surface area contributed by atoms with Gasteiger partial charge in [0.1, 0.15) is 5.82 Å². The number of imidazole rings is 1. The van der Waals surface area contributed by atoms with Crippen molar-refractivity contribution in [2.75, 3.05) is 0 Å². The molecule has 2 nitrogen and oxygen atoms in total. The first kappa shape index (κ1) is 11.2. The minimum Gasteiger partial charge on any atom is -0.332 e. The fourth-order valence-electron chi connectivity index (χ4n) is 1.77. The Morgan fingerprint density at radius 1 is 1.19 bits per heavy atom. The van der Waals surface area contributed by atoms with Gasteiger partial charge in [0.25, 0.3) is 0 Å². The molecule has 0 aliphatic heterocycles. The molecule has 2 rings (SSSR count). The van der Waals surface area contributed by atoms with E-state index < -0.39 is 0 Å². The van der Waals surface area contributed by atoms with Crippen LogP contribution in [0.5, 0.6) is 0 Å². The van der Waals surface area contributed by atoms with Crippen molar-refractivity contribution in [1.82, 2.24) is 9.55 Å². The number of hydrogen-bond acceptors (Lipinski definition) is 1. The average molecular weight is 235 g/mol. The van der Waals surface area contributed by atoms with Crippen molar-refractivity contribution in [2.24, 2.45) is 0 Å². The van der Waals surface area contributed by atoms with Gasteiger partial charge in [0.2, 0.25) is 0 Å². The molecule has 3 heteroatoms. The number of aromatic nitrogens is 2. The molecule has 0 aliphatic rings. The van der Waals surface area contributed by atoms with E-state index in [0.717, 1.165) is 22.1 Å². The van der Waals surface area contributed by atoms with Crippen molar-refractivity contribution in [3.8, 4) is 11.3 Å². The van der Waals surface area contributed by atoms with Gasteiger partial charge in [-0.3, -0.25) is 0 Å². The first-order chi connectivity index (χ1) is 7.58. The molecular weight excluding hydrogens is 220 g/mol. The Balaban J connectivity index is 2.41. The van der Waals surface area contributed by atoms with Gasteiger partial charge >= 0.3 is 0 Å². The van der Waals surface area contributed by atoms with E-state index in [9.17, 15) is 0 Å². The van der Waals surface area contributed by atoms with E-state index >= 15 is 0 Å². The van der Waals surface area contributed by atoms with Crippen LogP contribution in [0.3, 0.4) is 0 Å². The number of nitrogens with zero attached hydrogens (tertiary/aromatic N) is 2. The SMILES string of the molecule is Cc1nc(-c2ccc(Cl)cc2)cn1C(C)C. The quantitative estimate of drug-likeness (QED) is 0.765. The van der Waals surface area contributed by atoms with Crippen molar-refractivity contribution in [3.05, 3.63) is 41.3 Å². The molecule has 0 atom stereocenters. The van der Waals surface area contributed by atoms with Crippen LogP contribution >= 0.6 is 11.6 Å². The summed E-state index contributed by atoms with van der Waals surface area (Å²) < 4.78 is 2.17. The van der Waals surface area contributed by atoms with E-state index in [1.165, 1.54) is 0 Å². The Kier molecular flexibility index (Phi) is 3.01. The summed E-state index contributed by atoms with van der Waals surface area (Å²) in [6.45, 7) is 6.33. The van der Waals surface area contributed by atoms with E-state index in [0.29, 0.717) is 6.04 Å². The third-order valence-electron chi connectivity index (χ3n) is 2.61. The molecule has 0 radical (unpaired) electrons. The molecule has 0 aliphatic carbocycles. The van der Waals surface area contributed by atoms with Crippen LogP contribution in [0, 0.1) is 6.92 Å². The molecule has 84 valence electrons. The molecule has 1 aromatic heterocycles. The smallest absolute Gasteiger partial charge is 0.106 e. The highest BCUT2D eigenvalue weighted by atomic mass is 35.5. The molecule has 1 heterocycles. The van der Waals surface area contributed by atoms with E-state index in [1.807, 2.05) is 31.2 Å². The van der Waals surface area contributed by atoms with Gasteiger partial charge < -0.3 is 4.57 Å². The van der Waals surface area contributed by atoms with Gasteiger partial charge in [-0.05, 0) is 32.9 Å². The molecule has 16 heavy (non-hydrogen) atoms. The summed E-state index contributed by atoms with van der Waals surface area (Å²) in [5.41, 5.74) is 2.11. The second-order valence-corrected chi connectivity index (χ2v) is 4.62. The van der Waals surface area contributed by atoms with Gasteiger partial charge in [0.05, 0.1) is 5.69 Å². The fraction of sp³-hybridized carbons (Fsp3) is 0.308. The molecule has 0 saturated heterocycles.